The summed E-state index contributed by atoms with van der Waals surface area (Å²) in [5.74, 6) is -0.328. The van der Waals surface area contributed by atoms with Gasteiger partial charge in [0.1, 0.15) is 6.61 Å². The van der Waals surface area contributed by atoms with Crippen molar-refractivity contribution in [3.05, 3.63) is 0 Å². The Morgan fingerprint density at radius 2 is 2.08 bits per heavy atom. The second-order valence-electron chi connectivity index (χ2n) is 2.10. The molecule has 0 spiro atoms. The van der Waals surface area contributed by atoms with Crippen molar-refractivity contribution >= 4 is 24.7 Å². The van der Waals surface area contributed by atoms with Crippen molar-refractivity contribution in [2.45, 2.75) is 19.3 Å². The Bertz CT molecular complexity index is 130. The van der Waals surface area contributed by atoms with Gasteiger partial charge in [0, 0.05) is 6.42 Å². The molecule has 0 fully saturated rings. The highest BCUT2D eigenvalue weighted by molar-refractivity contribution is 5.85. The van der Waals surface area contributed by atoms with Crippen molar-refractivity contribution in [3.8, 4) is 0 Å². The number of halogens is 1. The summed E-state index contributed by atoms with van der Waals surface area (Å²) in [4.78, 5) is 20.4. The molecule has 0 bridgehead atoms. The van der Waals surface area contributed by atoms with Gasteiger partial charge in [0.05, 0.1) is 0 Å². The number of carbonyl (C=O) groups is 2. The van der Waals surface area contributed by atoms with Crippen LogP contribution >= 0.6 is 12.4 Å². The van der Waals surface area contributed by atoms with Crippen LogP contribution in [0.4, 0.5) is 0 Å². The van der Waals surface area contributed by atoms with Crippen LogP contribution in [-0.2, 0) is 14.3 Å². The molecule has 0 saturated carbocycles. The van der Waals surface area contributed by atoms with E-state index in [2.05, 4.69) is 4.74 Å². The molecule has 0 rings (SSSR count). The fraction of sp³-hybridized carbons (Fsp3) is 0.714. The van der Waals surface area contributed by atoms with Gasteiger partial charge < -0.3 is 10.5 Å². The molecule has 0 aliphatic rings. The summed E-state index contributed by atoms with van der Waals surface area (Å²) in [6, 6.07) is 0. The van der Waals surface area contributed by atoms with E-state index < -0.39 is 0 Å². The third-order valence-corrected chi connectivity index (χ3v) is 1.15. The van der Waals surface area contributed by atoms with Crippen LogP contribution in [0.25, 0.3) is 0 Å². The first-order valence-electron chi connectivity index (χ1n) is 3.60. The van der Waals surface area contributed by atoms with Crippen LogP contribution in [0.5, 0.6) is 0 Å². The molecule has 4 nitrogen and oxygen atoms in total. The van der Waals surface area contributed by atoms with Crippen molar-refractivity contribution in [2.75, 3.05) is 13.2 Å². The molecule has 0 aliphatic heterocycles. The topological polar surface area (TPSA) is 69.4 Å². The number of rotatable bonds is 6. The lowest BCUT2D eigenvalue weighted by Crippen LogP contribution is -2.07. The van der Waals surface area contributed by atoms with Crippen LogP contribution in [0.15, 0.2) is 0 Å². The maximum atomic E-state index is 10.7. The first-order chi connectivity index (χ1) is 5.31. The molecule has 0 atom stereocenters. The van der Waals surface area contributed by atoms with E-state index in [4.69, 9.17) is 5.73 Å². The first kappa shape index (κ1) is 13.9. The van der Waals surface area contributed by atoms with E-state index in [1.165, 1.54) is 0 Å². The van der Waals surface area contributed by atoms with Crippen molar-refractivity contribution in [1.29, 1.82) is 0 Å². The van der Waals surface area contributed by atoms with Crippen LogP contribution in [0, 0.1) is 0 Å². The number of carbonyl (C=O) groups excluding carboxylic acids is 2. The highest BCUT2D eigenvalue weighted by atomic mass is 35.5. The first-order valence-corrected chi connectivity index (χ1v) is 3.60. The van der Waals surface area contributed by atoms with Gasteiger partial charge in [0.2, 0.25) is 0 Å². The zero-order chi connectivity index (χ0) is 8.53. The summed E-state index contributed by atoms with van der Waals surface area (Å²) < 4.78 is 4.49. The van der Waals surface area contributed by atoms with Crippen molar-refractivity contribution < 1.29 is 14.3 Å². The van der Waals surface area contributed by atoms with Crippen LogP contribution < -0.4 is 5.73 Å². The normalized spacial score (nSPS) is 8.42. The monoisotopic (exact) mass is 195 g/mol. The quantitative estimate of drug-likeness (QED) is 0.376. The summed E-state index contributed by atoms with van der Waals surface area (Å²) in [6.07, 6.45) is 2.45. The lowest BCUT2D eigenvalue weighted by molar-refractivity contribution is -0.145. The molecule has 72 valence electrons. The summed E-state index contributed by atoms with van der Waals surface area (Å²) >= 11 is 0. The van der Waals surface area contributed by atoms with E-state index in [0.29, 0.717) is 19.3 Å². The smallest absolute Gasteiger partial charge is 0.306 e. The molecule has 0 aromatic rings. The largest absolute Gasteiger partial charge is 0.458 e. The summed E-state index contributed by atoms with van der Waals surface area (Å²) in [5.41, 5.74) is 5.21. The number of unbranched alkanes of at least 4 members (excludes halogenated alkanes) is 1. The Hall–Kier alpha value is -0.610. The fourth-order valence-corrected chi connectivity index (χ4v) is 0.613. The third-order valence-electron chi connectivity index (χ3n) is 1.15. The average molecular weight is 196 g/mol. The molecule has 0 aromatic carbocycles. The molecule has 0 aromatic heterocycles. The summed E-state index contributed by atoms with van der Waals surface area (Å²) in [7, 11) is 0. The van der Waals surface area contributed by atoms with Gasteiger partial charge in [-0.15, -0.1) is 12.4 Å². The minimum atomic E-state index is -0.328. The minimum absolute atomic E-state index is 0. The molecule has 0 unspecified atom stereocenters. The molecule has 5 heteroatoms. The Morgan fingerprint density at radius 1 is 1.42 bits per heavy atom. The highest BCUT2D eigenvalue weighted by Crippen LogP contribution is 1.95. The molecular formula is C7H14ClNO3. The SMILES string of the molecule is Cl.NCCCCC(=O)OCC=O. The zero-order valence-corrected chi connectivity index (χ0v) is 7.64. The Balaban J connectivity index is 0. The minimum Gasteiger partial charge on any atom is -0.458 e. The third kappa shape index (κ3) is 9.39. The molecule has 0 aliphatic carbocycles. The van der Waals surface area contributed by atoms with Crippen LogP contribution in [0.3, 0.4) is 0 Å². The number of aldehydes is 1. The summed E-state index contributed by atoms with van der Waals surface area (Å²) in [6.45, 7) is 0.447. The Labute approximate surface area is 77.9 Å². The van der Waals surface area contributed by atoms with Crippen LogP contribution in [0.2, 0.25) is 0 Å². The Morgan fingerprint density at radius 3 is 2.58 bits per heavy atom. The van der Waals surface area contributed by atoms with Crippen LogP contribution in [0.1, 0.15) is 19.3 Å². The standard InChI is InChI=1S/C7H13NO3.ClH/c8-4-2-1-3-7(10)11-6-5-9;/h5H,1-4,6,8H2;1H. The molecule has 12 heavy (non-hydrogen) atoms. The maximum absolute atomic E-state index is 10.7. The number of hydrogen-bond acceptors (Lipinski definition) is 4. The van der Waals surface area contributed by atoms with Crippen molar-refractivity contribution in [1.82, 2.24) is 0 Å². The molecule has 2 N–H and O–H groups in total. The molecular weight excluding hydrogens is 182 g/mol. The van der Waals surface area contributed by atoms with Gasteiger partial charge in [-0.25, -0.2) is 0 Å². The van der Waals surface area contributed by atoms with E-state index in [0.717, 1.165) is 12.8 Å². The van der Waals surface area contributed by atoms with Gasteiger partial charge in [-0.05, 0) is 19.4 Å². The lowest BCUT2D eigenvalue weighted by atomic mass is 10.2. The molecule has 0 radical (unpaired) electrons. The number of nitrogens with two attached hydrogens (primary N) is 1. The zero-order valence-electron chi connectivity index (χ0n) is 6.82. The van der Waals surface area contributed by atoms with Gasteiger partial charge in [-0.1, -0.05) is 0 Å². The van der Waals surface area contributed by atoms with Gasteiger partial charge >= 0.3 is 5.97 Å². The maximum Gasteiger partial charge on any atom is 0.306 e. The molecule has 0 heterocycles. The molecule has 0 saturated heterocycles. The molecule has 0 amide bonds. The van der Waals surface area contributed by atoms with Gasteiger partial charge in [-0.3, -0.25) is 9.59 Å². The predicted octanol–water partition coefficient (Wildman–Crippen LogP) is 0.279. The Kier molecular flexibility index (Phi) is 12.1. The van der Waals surface area contributed by atoms with E-state index in [-0.39, 0.29) is 25.0 Å². The van der Waals surface area contributed by atoms with Crippen LogP contribution in [-0.4, -0.2) is 25.4 Å². The number of ether oxygens (including phenoxy) is 1. The second kappa shape index (κ2) is 10.4. The summed E-state index contributed by atoms with van der Waals surface area (Å²) in [5, 5.41) is 0. The van der Waals surface area contributed by atoms with Crippen molar-refractivity contribution in [3.63, 3.8) is 0 Å². The van der Waals surface area contributed by atoms with Gasteiger partial charge in [0.15, 0.2) is 6.29 Å². The second-order valence-corrected chi connectivity index (χ2v) is 2.10. The highest BCUT2D eigenvalue weighted by Gasteiger charge is 1.99. The van der Waals surface area contributed by atoms with Crippen molar-refractivity contribution in [2.24, 2.45) is 5.73 Å². The van der Waals surface area contributed by atoms with E-state index in [1.54, 1.807) is 0 Å². The van der Waals surface area contributed by atoms with Gasteiger partial charge in [0.25, 0.3) is 0 Å². The van der Waals surface area contributed by atoms with Gasteiger partial charge in [-0.2, -0.15) is 0 Å². The van der Waals surface area contributed by atoms with E-state index in [9.17, 15) is 9.59 Å². The van der Waals surface area contributed by atoms with E-state index >= 15 is 0 Å². The fourth-order valence-electron chi connectivity index (χ4n) is 0.613. The number of esters is 1. The average Bonchev–Trinajstić information content (AvgIpc) is 2.01. The lowest BCUT2D eigenvalue weighted by Gasteiger charge is -1.98. The predicted molar refractivity (Wildman–Crippen MR) is 47.2 cm³/mol. The van der Waals surface area contributed by atoms with E-state index in [1.807, 2.05) is 0 Å². The number of hydrogen-bond donors (Lipinski definition) is 1.